The molecule has 0 radical (unpaired) electrons. The number of carbonyl (C=O) groups excluding carboxylic acids is 12. The third kappa shape index (κ3) is 19.5. The van der Waals surface area contributed by atoms with E-state index in [1.165, 1.54) is 25.7 Å². The van der Waals surface area contributed by atoms with Crippen molar-refractivity contribution in [2.24, 2.45) is 23.1 Å². The Morgan fingerprint density at radius 3 is 1.38 bits per heavy atom. The first-order valence-electron chi connectivity index (χ1n) is 27.1. The zero-order chi connectivity index (χ0) is 61.7. The van der Waals surface area contributed by atoms with Crippen molar-refractivity contribution in [1.29, 1.82) is 0 Å². The van der Waals surface area contributed by atoms with Gasteiger partial charge in [-0.05, 0) is 84.1 Å². The summed E-state index contributed by atoms with van der Waals surface area (Å²) < 4.78 is 0. The zero-order valence-corrected chi connectivity index (χ0v) is 46.4. The number of carboxylic acids is 1. The lowest BCUT2D eigenvalue weighted by Gasteiger charge is -2.31. The molecule has 3 aliphatic heterocycles. The van der Waals surface area contributed by atoms with Gasteiger partial charge in [-0.15, -0.1) is 0 Å². The highest BCUT2D eigenvalue weighted by molar-refractivity contribution is 6.00. The van der Waals surface area contributed by atoms with E-state index < -0.39 is 194 Å². The van der Waals surface area contributed by atoms with E-state index in [9.17, 15) is 87.9 Å². The van der Waals surface area contributed by atoms with Crippen molar-refractivity contribution in [3.63, 3.8) is 0 Å². The molecule has 0 spiro atoms. The molecular formula is C49H82N14O19. The summed E-state index contributed by atoms with van der Waals surface area (Å²) in [5.41, 5.74) is 16.9. The molecule has 0 unspecified atom stereocenters. The van der Waals surface area contributed by atoms with Crippen molar-refractivity contribution in [3.8, 4) is 0 Å². The number of hydrogen-bond acceptors (Lipinski definition) is 20. The summed E-state index contributed by atoms with van der Waals surface area (Å²) in [7, 11) is 0. The van der Waals surface area contributed by atoms with Crippen LogP contribution < -0.4 is 59.7 Å². The quantitative estimate of drug-likeness (QED) is 0.0278. The fraction of sp³-hybridized carbons (Fsp3) is 0.735. The maximum atomic E-state index is 13.9. The molecule has 3 aliphatic rings. The van der Waals surface area contributed by atoms with Crippen molar-refractivity contribution >= 4 is 76.9 Å². The lowest BCUT2D eigenvalue weighted by Crippen LogP contribution is -2.63. The molecule has 0 aromatic carbocycles. The van der Waals surface area contributed by atoms with E-state index in [0.29, 0.717) is 19.3 Å². The number of unbranched alkanes of at least 4 members (excludes halogenated alkanes) is 1. The highest BCUT2D eigenvalue weighted by Crippen LogP contribution is 2.23. The smallest absolute Gasteiger partial charge is 0.322 e. The van der Waals surface area contributed by atoms with Crippen LogP contribution in [0.5, 0.6) is 0 Å². The number of nitrogens with one attached hydrogen (secondary N) is 8. The number of likely N-dealkylation sites (tertiary alicyclic amines) is 3. The number of aliphatic hydroxyl groups is 5. The average Bonchev–Trinajstić information content (AvgIpc) is 4.35. The summed E-state index contributed by atoms with van der Waals surface area (Å²) in [6.45, 7) is 1.93. The minimum absolute atomic E-state index is 0.0211. The van der Waals surface area contributed by atoms with Crippen LogP contribution in [0.3, 0.4) is 0 Å². The largest absolute Gasteiger partial charge is 0.480 e. The molecule has 13 atom stereocenters. The van der Waals surface area contributed by atoms with Crippen LogP contribution in [-0.4, -0.2) is 253 Å². The topological polar surface area (TPSA) is 527 Å². The molecular weight excluding hydrogens is 1090 g/mol. The van der Waals surface area contributed by atoms with Crippen LogP contribution in [0.25, 0.3) is 0 Å². The van der Waals surface area contributed by atoms with Gasteiger partial charge in [-0.25, -0.2) is 0 Å². The minimum atomic E-state index is -1.89. The molecule has 33 heteroatoms. The van der Waals surface area contributed by atoms with E-state index in [-0.39, 0.29) is 64.7 Å². The molecule has 3 fully saturated rings. The van der Waals surface area contributed by atoms with E-state index in [0.717, 1.165) is 16.7 Å². The van der Waals surface area contributed by atoms with Crippen molar-refractivity contribution in [2.75, 3.05) is 52.5 Å². The Balaban J connectivity index is 1.73. The summed E-state index contributed by atoms with van der Waals surface area (Å²) in [6, 6.07) is -16.7. The second kappa shape index (κ2) is 33.1. The van der Waals surface area contributed by atoms with Crippen molar-refractivity contribution in [2.45, 2.75) is 171 Å². The number of primary amides is 1. The maximum absolute atomic E-state index is 13.9. The number of aliphatic carboxylic acids is 1. The molecule has 12 amide bonds. The van der Waals surface area contributed by atoms with Gasteiger partial charge in [0.25, 0.3) is 0 Å². The Labute approximate surface area is 472 Å². The van der Waals surface area contributed by atoms with E-state index >= 15 is 0 Å². The van der Waals surface area contributed by atoms with Crippen molar-refractivity contribution in [1.82, 2.24) is 57.2 Å². The Morgan fingerprint density at radius 2 is 0.927 bits per heavy atom. The molecule has 0 saturated carbocycles. The van der Waals surface area contributed by atoms with Gasteiger partial charge in [0.15, 0.2) is 0 Å². The van der Waals surface area contributed by atoms with E-state index in [4.69, 9.17) is 22.3 Å². The predicted octanol–water partition coefficient (Wildman–Crippen LogP) is -9.72. The fourth-order valence-electron chi connectivity index (χ4n) is 9.50. The summed E-state index contributed by atoms with van der Waals surface area (Å²) in [4.78, 5) is 175. The van der Waals surface area contributed by atoms with Crippen LogP contribution in [0.15, 0.2) is 0 Å². The third-order valence-corrected chi connectivity index (χ3v) is 14.1. The van der Waals surface area contributed by atoms with Gasteiger partial charge in [-0.2, -0.15) is 0 Å². The molecule has 3 heterocycles. The van der Waals surface area contributed by atoms with Gasteiger partial charge in [0.05, 0.1) is 38.4 Å². The predicted molar refractivity (Wildman–Crippen MR) is 283 cm³/mol. The van der Waals surface area contributed by atoms with Crippen molar-refractivity contribution < 1.29 is 93.0 Å². The molecule has 0 aromatic heterocycles. The first kappa shape index (κ1) is 69.1. The average molecular weight is 1170 g/mol. The lowest BCUT2D eigenvalue weighted by molar-refractivity contribution is -0.145. The standard InChI is InChI=1S/C49H82N14O19/c1-23(2)37(45(78)58-30(22-66)48(81)61-15-7-11-31(61)42(75)53-19-35(70)71)59-46(79)38(25(4)68)60-41(74)28(20-64)56-39(72)26(10-5-6-14-50)54-40(73)27(18-34(51)69)55-43(76)32-12-8-16-62(32)47(80)29(21-65)57-44(77)33-13-9-17-63(33)49(82)36(52)24(3)67/h23-33,36-38,64-68H,5-22,50,52H2,1-4H3,(H2,51,69)(H,53,75)(H,54,73)(H,55,76)(H,56,72)(H,57,77)(H,58,78)(H,59,79)(H,60,74)(H,70,71)/t24-,25-,26+,27+,28+,29+,30+,31+,32+,33+,36+,37+,38+/m1/s1. The summed E-state index contributed by atoms with van der Waals surface area (Å²) >= 11 is 0. The zero-order valence-electron chi connectivity index (χ0n) is 46.4. The van der Waals surface area contributed by atoms with Gasteiger partial charge >= 0.3 is 5.97 Å². The molecule has 0 aliphatic carbocycles. The van der Waals surface area contributed by atoms with Gasteiger partial charge in [-0.3, -0.25) is 62.3 Å². The van der Waals surface area contributed by atoms with Crippen molar-refractivity contribution in [3.05, 3.63) is 0 Å². The minimum Gasteiger partial charge on any atom is -0.480 e. The Hall–Kier alpha value is -7.17. The SMILES string of the molecule is CC(C)[C@H](NC(=O)[C@@H](NC(=O)[C@H](CO)NC(=O)[C@H](CCCCN)NC(=O)[C@H](CC(N)=O)NC(=O)[C@@H]1CCCN1C(=O)[C@H](CO)NC(=O)[C@@H]1CCCN1C(=O)[C@@H](N)[C@@H](C)O)[C@@H](C)O)C(=O)N[C@@H](CO)C(=O)N1CCC[C@H]1C(=O)NCC(=O)O. The molecule has 0 aromatic rings. The number of aliphatic hydroxyl groups excluding tert-OH is 5. The second-order valence-corrected chi connectivity index (χ2v) is 20.7. The van der Waals surface area contributed by atoms with Gasteiger partial charge in [-0.1, -0.05) is 13.8 Å². The molecule has 82 heavy (non-hydrogen) atoms. The van der Waals surface area contributed by atoms with Crippen LogP contribution in [0.4, 0.5) is 0 Å². The first-order chi connectivity index (χ1) is 38.6. The Bertz CT molecular complexity index is 2310. The van der Waals surface area contributed by atoms with E-state index in [1.54, 1.807) is 0 Å². The number of hydrogen-bond donors (Lipinski definition) is 17. The highest BCUT2D eigenvalue weighted by atomic mass is 16.4. The van der Waals surface area contributed by atoms with Crippen LogP contribution in [0.1, 0.15) is 91.9 Å². The van der Waals surface area contributed by atoms with Gasteiger partial charge in [0.2, 0.25) is 70.9 Å². The number of rotatable bonds is 32. The Morgan fingerprint density at radius 1 is 0.512 bits per heavy atom. The highest BCUT2D eigenvalue weighted by Gasteiger charge is 2.44. The third-order valence-electron chi connectivity index (χ3n) is 14.1. The monoisotopic (exact) mass is 1170 g/mol. The fourth-order valence-corrected chi connectivity index (χ4v) is 9.50. The summed E-state index contributed by atoms with van der Waals surface area (Å²) in [5, 5.41) is 78.6. The first-order valence-corrected chi connectivity index (χ1v) is 27.1. The van der Waals surface area contributed by atoms with Gasteiger partial charge < -0.3 is 105 Å². The molecule has 20 N–H and O–H groups in total. The van der Waals surface area contributed by atoms with Crippen LogP contribution in [0.2, 0.25) is 0 Å². The molecule has 33 nitrogen and oxygen atoms in total. The molecule has 3 saturated heterocycles. The normalized spacial score (nSPS) is 20.5. The van der Waals surface area contributed by atoms with Gasteiger partial charge in [0, 0.05) is 19.6 Å². The van der Waals surface area contributed by atoms with Gasteiger partial charge in [0.1, 0.15) is 73.0 Å². The number of nitrogens with zero attached hydrogens (tertiary/aromatic N) is 3. The lowest BCUT2D eigenvalue weighted by atomic mass is 10.0. The maximum Gasteiger partial charge on any atom is 0.322 e. The summed E-state index contributed by atoms with van der Waals surface area (Å²) in [6.07, 6.45) is -2.09. The van der Waals surface area contributed by atoms with Crippen LogP contribution in [-0.2, 0) is 62.3 Å². The molecule has 3 rings (SSSR count). The number of amides is 12. The van der Waals surface area contributed by atoms with Crippen LogP contribution in [0, 0.1) is 5.92 Å². The second-order valence-electron chi connectivity index (χ2n) is 20.7. The van der Waals surface area contributed by atoms with Crippen LogP contribution >= 0.6 is 0 Å². The number of carbonyl (C=O) groups is 13. The number of carboxylic acid groups (broad SMARTS) is 1. The Kier molecular flexibility index (Phi) is 27.9. The summed E-state index contributed by atoms with van der Waals surface area (Å²) in [5.74, 6) is -13.8. The molecule has 462 valence electrons. The molecule has 0 bridgehead atoms. The van der Waals surface area contributed by atoms with E-state index in [2.05, 4.69) is 42.5 Å². The number of nitrogens with two attached hydrogens (primary N) is 3. The van der Waals surface area contributed by atoms with E-state index in [1.807, 2.05) is 0 Å².